The highest BCUT2D eigenvalue weighted by Gasteiger charge is 2.26. The number of nitrogens with zero attached hydrogens (tertiary/aromatic N) is 2. The highest BCUT2D eigenvalue weighted by Crippen LogP contribution is 2.40. The van der Waals surface area contributed by atoms with E-state index in [2.05, 4.69) is 9.55 Å². The standard InChI is InChI=1S/C15H17N3O2/c16-15-14(17-9-18(15)11-3-4-11)10-2-5-12-13(8-10)20-7-1-6-19-12/h2,5,8-9,11H,1,3-4,6-7,16H2. The predicted octanol–water partition coefficient (Wildman–Crippen LogP) is 2.63. The Bertz CT molecular complexity index is 647. The fourth-order valence-electron chi connectivity index (χ4n) is 2.55. The zero-order chi connectivity index (χ0) is 13.5. The number of benzene rings is 1. The molecule has 2 aliphatic rings. The highest BCUT2D eigenvalue weighted by molar-refractivity contribution is 5.73. The molecular weight excluding hydrogens is 254 g/mol. The average molecular weight is 271 g/mol. The van der Waals surface area contributed by atoms with E-state index < -0.39 is 0 Å². The van der Waals surface area contributed by atoms with Crippen LogP contribution in [0.2, 0.25) is 0 Å². The molecule has 104 valence electrons. The van der Waals surface area contributed by atoms with Gasteiger partial charge >= 0.3 is 0 Å². The SMILES string of the molecule is Nc1c(-c2ccc3c(c2)OCCCO3)ncn1C1CC1. The Balaban J connectivity index is 1.73. The van der Waals surface area contributed by atoms with Crippen LogP contribution in [0.3, 0.4) is 0 Å². The maximum absolute atomic E-state index is 6.21. The summed E-state index contributed by atoms with van der Waals surface area (Å²) in [5.41, 5.74) is 8.02. The summed E-state index contributed by atoms with van der Waals surface area (Å²) in [7, 11) is 0. The Morgan fingerprint density at radius 2 is 1.95 bits per heavy atom. The van der Waals surface area contributed by atoms with Crippen molar-refractivity contribution in [1.82, 2.24) is 9.55 Å². The minimum Gasteiger partial charge on any atom is -0.490 e. The summed E-state index contributed by atoms with van der Waals surface area (Å²) in [6.45, 7) is 1.38. The summed E-state index contributed by atoms with van der Waals surface area (Å²) in [5, 5.41) is 0. The van der Waals surface area contributed by atoms with Crippen LogP contribution >= 0.6 is 0 Å². The Morgan fingerprint density at radius 1 is 1.15 bits per heavy atom. The van der Waals surface area contributed by atoms with Gasteiger partial charge in [0.15, 0.2) is 11.5 Å². The lowest BCUT2D eigenvalue weighted by atomic mass is 10.1. The number of ether oxygens (including phenoxy) is 2. The third-order valence-corrected chi connectivity index (χ3v) is 3.79. The van der Waals surface area contributed by atoms with Gasteiger partial charge in [0.25, 0.3) is 0 Å². The zero-order valence-electron chi connectivity index (χ0n) is 11.2. The van der Waals surface area contributed by atoms with Gasteiger partial charge in [0.1, 0.15) is 11.5 Å². The summed E-state index contributed by atoms with van der Waals surface area (Å²) >= 11 is 0. The van der Waals surface area contributed by atoms with Crippen molar-refractivity contribution in [2.45, 2.75) is 25.3 Å². The van der Waals surface area contributed by atoms with Crippen molar-refractivity contribution in [2.75, 3.05) is 18.9 Å². The quantitative estimate of drug-likeness (QED) is 0.912. The second-order valence-corrected chi connectivity index (χ2v) is 5.33. The molecule has 1 saturated carbocycles. The molecule has 2 N–H and O–H groups in total. The van der Waals surface area contributed by atoms with E-state index in [9.17, 15) is 0 Å². The molecule has 1 aromatic carbocycles. The van der Waals surface area contributed by atoms with Crippen LogP contribution in [0, 0.1) is 0 Å². The minimum atomic E-state index is 0.539. The molecule has 2 heterocycles. The molecular formula is C15H17N3O2. The van der Waals surface area contributed by atoms with E-state index in [0.29, 0.717) is 19.3 Å². The Hall–Kier alpha value is -2.17. The lowest BCUT2D eigenvalue weighted by Gasteiger charge is -2.09. The van der Waals surface area contributed by atoms with Crippen LogP contribution in [0.5, 0.6) is 11.5 Å². The van der Waals surface area contributed by atoms with Crippen LogP contribution in [0.4, 0.5) is 5.82 Å². The number of nitrogens with two attached hydrogens (primary N) is 1. The lowest BCUT2D eigenvalue weighted by Crippen LogP contribution is -1.99. The van der Waals surface area contributed by atoms with E-state index in [1.54, 1.807) is 0 Å². The van der Waals surface area contributed by atoms with E-state index in [-0.39, 0.29) is 0 Å². The van der Waals surface area contributed by atoms with Gasteiger partial charge in [0.05, 0.1) is 19.5 Å². The van der Waals surface area contributed by atoms with Crippen LogP contribution in [0.15, 0.2) is 24.5 Å². The molecule has 4 rings (SSSR count). The van der Waals surface area contributed by atoms with Crippen molar-refractivity contribution in [2.24, 2.45) is 0 Å². The molecule has 2 aromatic rings. The van der Waals surface area contributed by atoms with Gasteiger partial charge in [-0.1, -0.05) is 0 Å². The smallest absolute Gasteiger partial charge is 0.161 e. The average Bonchev–Trinajstić information content (AvgIpc) is 3.25. The predicted molar refractivity (Wildman–Crippen MR) is 76.0 cm³/mol. The number of fused-ring (bicyclic) bond motifs is 1. The zero-order valence-corrected chi connectivity index (χ0v) is 11.2. The first-order valence-corrected chi connectivity index (χ1v) is 7.05. The number of hydrogen-bond acceptors (Lipinski definition) is 4. The van der Waals surface area contributed by atoms with E-state index in [1.807, 2.05) is 24.5 Å². The Labute approximate surface area is 117 Å². The number of imidazole rings is 1. The van der Waals surface area contributed by atoms with Gasteiger partial charge in [-0.15, -0.1) is 0 Å². The normalized spacial score (nSPS) is 17.8. The van der Waals surface area contributed by atoms with E-state index in [0.717, 1.165) is 35.0 Å². The van der Waals surface area contributed by atoms with Crippen LogP contribution < -0.4 is 15.2 Å². The Morgan fingerprint density at radius 3 is 2.75 bits per heavy atom. The monoisotopic (exact) mass is 271 g/mol. The summed E-state index contributed by atoms with van der Waals surface area (Å²) in [5.74, 6) is 2.31. The van der Waals surface area contributed by atoms with Crippen molar-refractivity contribution >= 4 is 5.82 Å². The van der Waals surface area contributed by atoms with Gasteiger partial charge < -0.3 is 19.8 Å². The number of aromatic nitrogens is 2. The van der Waals surface area contributed by atoms with Gasteiger partial charge in [0.2, 0.25) is 0 Å². The van der Waals surface area contributed by atoms with Gasteiger partial charge in [0, 0.05) is 18.0 Å². The first kappa shape index (κ1) is 11.6. The van der Waals surface area contributed by atoms with Crippen molar-refractivity contribution in [3.05, 3.63) is 24.5 Å². The molecule has 0 unspecified atom stereocenters. The van der Waals surface area contributed by atoms with Crippen molar-refractivity contribution in [1.29, 1.82) is 0 Å². The fraction of sp³-hybridized carbons (Fsp3) is 0.400. The van der Waals surface area contributed by atoms with Crippen molar-refractivity contribution in [3.63, 3.8) is 0 Å². The van der Waals surface area contributed by atoms with E-state index in [1.165, 1.54) is 12.8 Å². The largest absolute Gasteiger partial charge is 0.490 e. The summed E-state index contributed by atoms with van der Waals surface area (Å²) in [4.78, 5) is 4.46. The number of nitrogen functional groups attached to an aromatic ring is 1. The molecule has 1 fully saturated rings. The Kier molecular flexibility index (Phi) is 2.58. The molecule has 0 radical (unpaired) electrons. The third-order valence-electron chi connectivity index (χ3n) is 3.79. The maximum atomic E-state index is 6.21. The van der Waals surface area contributed by atoms with Gasteiger partial charge in [-0.05, 0) is 31.0 Å². The number of anilines is 1. The third kappa shape index (κ3) is 1.90. The fourth-order valence-corrected chi connectivity index (χ4v) is 2.55. The highest BCUT2D eigenvalue weighted by atomic mass is 16.5. The molecule has 1 aliphatic heterocycles. The molecule has 0 saturated heterocycles. The summed E-state index contributed by atoms with van der Waals surface area (Å²) in [6, 6.07) is 6.43. The van der Waals surface area contributed by atoms with Crippen molar-refractivity contribution < 1.29 is 9.47 Å². The first-order chi connectivity index (χ1) is 9.83. The van der Waals surface area contributed by atoms with Crippen LogP contribution in [0.25, 0.3) is 11.3 Å². The van der Waals surface area contributed by atoms with Gasteiger partial charge in [-0.25, -0.2) is 4.98 Å². The topological polar surface area (TPSA) is 62.3 Å². The number of hydrogen-bond donors (Lipinski definition) is 1. The van der Waals surface area contributed by atoms with Crippen LogP contribution in [-0.4, -0.2) is 22.8 Å². The number of rotatable bonds is 2. The molecule has 5 nitrogen and oxygen atoms in total. The molecule has 5 heteroatoms. The lowest BCUT2D eigenvalue weighted by molar-refractivity contribution is 0.297. The maximum Gasteiger partial charge on any atom is 0.161 e. The molecule has 1 aliphatic carbocycles. The van der Waals surface area contributed by atoms with Gasteiger partial charge in [-0.3, -0.25) is 0 Å². The molecule has 0 spiro atoms. The van der Waals surface area contributed by atoms with Crippen molar-refractivity contribution in [3.8, 4) is 22.8 Å². The first-order valence-electron chi connectivity index (χ1n) is 7.05. The molecule has 1 aromatic heterocycles. The molecule has 0 atom stereocenters. The molecule has 20 heavy (non-hydrogen) atoms. The second-order valence-electron chi connectivity index (χ2n) is 5.33. The van der Waals surface area contributed by atoms with E-state index >= 15 is 0 Å². The summed E-state index contributed by atoms with van der Waals surface area (Å²) in [6.07, 6.45) is 5.14. The van der Waals surface area contributed by atoms with Gasteiger partial charge in [-0.2, -0.15) is 0 Å². The molecule has 0 bridgehead atoms. The van der Waals surface area contributed by atoms with E-state index in [4.69, 9.17) is 15.2 Å². The molecule has 0 amide bonds. The summed E-state index contributed by atoms with van der Waals surface area (Å²) < 4.78 is 13.4. The minimum absolute atomic E-state index is 0.539. The van der Waals surface area contributed by atoms with Crippen LogP contribution in [0.1, 0.15) is 25.3 Å². The second kappa shape index (κ2) is 4.44. The van der Waals surface area contributed by atoms with Crippen LogP contribution in [-0.2, 0) is 0 Å².